The first-order valence-corrected chi connectivity index (χ1v) is 17.4. The van der Waals surface area contributed by atoms with E-state index in [1.165, 1.54) is 18.4 Å². The third-order valence-electron chi connectivity index (χ3n) is 8.35. The lowest BCUT2D eigenvalue weighted by Gasteiger charge is -2.21. The molecular formula is C38H36N2O6S. The van der Waals surface area contributed by atoms with E-state index in [0.717, 1.165) is 46.3 Å². The fraction of sp³-hybridized carbons (Fsp3) is 0.211. The molecule has 1 aromatic heterocycles. The Kier molecular flexibility index (Phi) is 9.65. The second kappa shape index (κ2) is 14.2. The molecule has 0 saturated heterocycles. The normalized spacial score (nSPS) is 13.9. The topological polar surface area (TPSA) is 126 Å². The standard InChI is InChI=1S/C38H36N2O6S/c41-34(10-6-24-47(43,44)45)28-16-20-32(21-17-28)39-37(30-14-12-27(13-15-30)26-7-2-1-3-8-26)38(42)40-33-22-18-29(19-23-33)36-25-31-9-4-5-11-35(31)46-36/h4-5,7,9,11-23,25,37,39H,1-3,6,8,10,24H2,(H,40,42)(H,43,44,45). The summed E-state index contributed by atoms with van der Waals surface area (Å²) in [7, 11) is -4.12. The Morgan fingerprint density at radius 2 is 1.53 bits per heavy atom. The Labute approximate surface area is 274 Å². The van der Waals surface area contributed by atoms with Gasteiger partial charge in [0.15, 0.2) is 5.78 Å². The van der Waals surface area contributed by atoms with Gasteiger partial charge in [0, 0.05) is 34.3 Å². The van der Waals surface area contributed by atoms with Gasteiger partial charge in [-0.2, -0.15) is 8.42 Å². The molecule has 1 unspecified atom stereocenters. The van der Waals surface area contributed by atoms with Gasteiger partial charge >= 0.3 is 0 Å². The number of nitrogens with one attached hydrogen (secondary N) is 2. The Hall–Kier alpha value is -4.99. The minimum absolute atomic E-state index is 0.00445. The summed E-state index contributed by atoms with van der Waals surface area (Å²) < 4.78 is 36.9. The smallest absolute Gasteiger partial charge is 0.264 e. The number of allylic oxidation sites excluding steroid dienone is 2. The van der Waals surface area contributed by atoms with E-state index in [1.807, 2.05) is 66.7 Å². The summed E-state index contributed by atoms with van der Waals surface area (Å²) in [4.78, 5) is 26.4. The second-order valence-electron chi connectivity index (χ2n) is 11.8. The molecule has 1 amide bonds. The van der Waals surface area contributed by atoms with Gasteiger partial charge in [-0.25, -0.2) is 0 Å². The first-order chi connectivity index (χ1) is 22.7. The van der Waals surface area contributed by atoms with E-state index in [-0.39, 0.29) is 24.5 Å². The number of carbonyl (C=O) groups is 2. The number of rotatable bonds is 12. The number of para-hydroxylation sites is 1. The summed E-state index contributed by atoms with van der Waals surface area (Å²) in [6, 6.07) is 31.4. The number of carbonyl (C=O) groups excluding carboxylic acids is 2. The third-order valence-corrected chi connectivity index (χ3v) is 9.16. The molecule has 0 radical (unpaired) electrons. The number of furan rings is 1. The van der Waals surface area contributed by atoms with Crippen molar-refractivity contribution in [3.63, 3.8) is 0 Å². The fourth-order valence-electron chi connectivity index (χ4n) is 5.83. The highest BCUT2D eigenvalue weighted by Gasteiger charge is 2.22. The van der Waals surface area contributed by atoms with E-state index in [9.17, 15) is 18.0 Å². The van der Waals surface area contributed by atoms with Crippen LogP contribution < -0.4 is 10.6 Å². The van der Waals surface area contributed by atoms with E-state index in [4.69, 9.17) is 8.97 Å². The maximum Gasteiger partial charge on any atom is 0.264 e. The van der Waals surface area contributed by atoms with E-state index in [1.54, 1.807) is 24.3 Å². The third kappa shape index (κ3) is 8.24. The number of fused-ring (bicyclic) bond motifs is 1. The van der Waals surface area contributed by atoms with Crippen molar-refractivity contribution in [2.75, 3.05) is 16.4 Å². The predicted molar refractivity (Wildman–Crippen MR) is 186 cm³/mol. The van der Waals surface area contributed by atoms with Crippen LogP contribution in [0, 0.1) is 0 Å². The zero-order valence-electron chi connectivity index (χ0n) is 25.8. The lowest BCUT2D eigenvalue weighted by molar-refractivity contribution is -0.117. The lowest BCUT2D eigenvalue weighted by Crippen LogP contribution is -2.27. The number of amides is 1. The largest absolute Gasteiger partial charge is 0.456 e. The molecule has 0 fully saturated rings. The van der Waals surface area contributed by atoms with E-state index < -0.39 is 21.9 Å². The first-order valence-electron chi connectivity index (χ1n) is 15.8. The lowest BCUT2D eigenvalue weighted by atomic mass is 9.92. The van der Waals surface area contributed by atoms with Gasteiger partial charge in [-0.3, -0.25) is 14.1 Å². The molecule has 0 spiro atoms. The number of anilines is 2. The van der Waals surface area contributed by atoms with E-state index >= 15 is 0 Å². The average molecular weight is 649 g/mol. The minimum Gasteiger partial charge on any atom is -0.456 e. The van der Waals surface area contributed by atoms with Crippen molar-refractivity contribution in [3.8, 4) is 11.3 Å². The Balaban J connectivity index is 1.19. The SMILES string of the molecule is O=C(CCCS(=O)(=O)O)c1ccc(NC(C(=O)Nc2ccc(-c3cc4ccccc4o3)cc2)c2ccc(C3=CCCCC3)cc2)cc1. The number of Topliss-reactive ketones (excluding diaryl/α,β-unsaturated/α-hetero) is 1. The molecule has 1 aliphatic carbocycles. The monoisotopic (exact) mass is 648 g/mol. The zero-order valence-corrected chi connectivity index (χ0v) is 26.6. The van der Waals surface area contributed by atoms with Crippen LogP contribution in [0.25, 0.3) is 27.9 Å². The maximum atomic E-state index is 13.8. The van der Waals surface area contributed by atoms with E-state index in [0.29, 0.717) is 16.9 Å². The number of benzene rings is 4. The molecule has 0 saturated carbocycles. The van der Waals surface area contributed by atoms with Crippen molar-refractivity contribution >= 4 is 49.7 Å². The quantitative estimate of drug-likeness (QED) is 0.0913. The summed E-state index contributed by atoms with van der Waals surface area (Å²) >= 11 is 0. The van der Waals surface area contributed by atoms with Gasteiger partial charge in [-0.05, 0) is 109 Å². The molecule has 5 aromatic rings. The molecular weight excluding hydrogens is 612 g/mol. The van der Waals surface area contributed by atoms with Crippen LogP contribution in [0.4, 0.5) is 11.4 Å². The van der Waals surface area contributed by atoms with Gasteiger partial charge in [-0.15, -0.1) is 0 Å². The summed E-state index contributed by atoms with van der Waals surface area (Å²) in [5.74, 6) is -0.199. The maximum absolute atomic E-state index is 13.8. The molecule has 4 aromatic carbocycles. The van der Waals surface area contributed by atoms with Crippen LogP contribution in [0.1, 0.15) is 66.1 Å². The molecule has 9 heteroatoms. The van der Waals surface area contributed by atoms with Crippen molar-refractivity contribution < 1.29 is 27.0 Å². The number of ketones is 1. The summed E-state index contributed by atoms with van der Waals surface area (Å²) in [6.07, 6.45) is 6.84. The highest BCUT2D eigenvalue weighted by Crippen LogP contribution is 2.31. The highest BCUT2D eigenvalue weighted by atomic mass is 32.2. The van der Waals surface area contributed by atoms with Crippen molar-refractivity contribution in [2.24, 2.45) is 0 Å². The molecule has 3 N–H and O–H groups in total. The van der Waals surface area contributed by atoms with Gasteiger partial charge in [0.25, 0.3) is 16.0 Å². The van der Waals surface area contributed by atoms with Crippen LogP contribution in [0.15, 0.2) is 114 Å². The van der Waals surface area contributed by atoms with E-state index in [2.05, 4.69) is 28.8 Å². The molecule has 6 rings (SSSR count). The van der Waals surface area contributed by atoms with Crippen molar-refractivity contribution in [3.05, 3.63) is 126 Å². The van der Waals surface area contributed by atoms with Gasteiger partial charge in [0.2, 0.25) is 0 Å². The van der Waals surface area contributed by atoms with Gasteiger partial charge < -0.3 is 15.1 Å². The van der Waals surface area contributed by atoms with Crippen LogP contribution in [-0.2, 0) is 14.9 Å². The average Bonchev–Trinajstić information content (AvgIpc) is 3.52. The van der Waals surface area contributed by atoms with Crippen LogP contribution >= 0.6 is 0 Å². The molecule has 1 atom stereocenters. The fourth-order valence-corrected chi connectivity index (χ4v) is 6.33. The minimum atomic E-state index is -4.12. The van der Waals surface area contributed by atoms with Crippen molar-refractivity contribution in [1.82, 2.24) is 0 Å². The van der Waals surface area contributed by atoms with Crippen LogP contribution in [0.2, 0.25) is 0 Å². The number of hydrogen-bond acceptors (Lipinski definition) is 6. The molecule has 0 aliphatic heterocycles. The summed E-state index contributed by atoms with van der Waals surface area (Å²) in [5.41, 5.74) is 6.68. The summed E-state index contributed by atoms with van der Waals surface area (Å²) in [5, 5.41) is 7.39. The predicted octanol–water partition coefficient (Wildman–Crippen LogP) is 8.70. The van der Waals surface area contributed by atoms with Crippen LogP contribution in [-0.4, -0.2) is 30.4 Å². The number of hydrogen-bond donors (Lipinski definition) is 3. The highest BCUT2D eigenvalue weighted by molar-refractivity contribution is 7.85. The van der Waals surface area contributed by atoms with Crippen molar-refractivity contribution in [2.45, 2.75) is 44.6 Å². The van der Waals surface area contributed by atoms with Gasteiger partial charge in [0.05, 0.1) is 5.75 Å². The zero-order chi connectivity index (χ0) is 32.8. The molecule has 8 nitrogen and oxygen atoms in total. The Bertz CT molecular complexity index is 1980. The molecule has 1 heterocycles. The Morgan fingerprint density at radius 1 is 0.830 bits per heavy atom. The second-order valence-corrected chi connectivity index (χ2v) is 13.4. The van der Waals surface area contributed by atoms with Crippen molar-refractivity contribution in [1.29, 1.82) is 0 Å². The summed E-state index contributed by atoms with van der Waals surface area (Å²) in [6.45, 7) is 0. The molecule has 240 valence electrons. The van der Waals surface area contributed by atoms with Crippen LogP contribution in [0.3, 0.4) is 0 Å². The first kappa shape index (κ1) is 32.0. The van der Waals surface area contributed by atoms with Gasteiger partial charge in [-0.1, -0.05) is 48.5 Å². The molecule has 47 heavy (non-hydrogen) atoms. The molecule has 1 aliphatic rings. The van der Waals surface area contributed by atoms with Gasteiger partial charge in [0.1, 0.15) is 17.4 Å². The van der Waals surface area contributed by atoms with Crippen LogP contribution in [0.5, 0.6) is 0 Å². The Morgan fingerprint density at radius 3 is 2.21 bits per heavy atom. The molecule has 0 bridgehead atoms.